The first-order valence-corrected chi connectivity index (χ1v) is 23.1. The molecule has 2 aromatic carbocycles. The van der Waals surface area contributed by atoms with Crippen LogP contribution in [0.5, 0.6) is 5.95 Å². The van der Waals surface area contributed by atoms with Crippen LogP contribution in [0, 0.1) is 0 Å². The van der Waals surface area contributed by atoms with Gasteiger partial charge in [-0.1, -0.05) is 52.4 Å². The second kappa shape index (κ2) is 20.8. The number of nitrogens with zero attached hydrogens (tertiary/aromatic N) is 2. The van der Waals surface area contributed by atoms with Gasteiger partial charge >= 0.3 is 41.2 Å². The molecule has 1 atom stereocenters. The summed E-state index contributed by atoms with van der Waals surface area (Å²) in [4.78, 5) is 41.0. The number of allylic oxidation sites excluding steroid dienone is 1. The van der Waals surface area contributed by atoms with Gasteiger partial charge in [-0.25, -0.2) is 4.79 Å². The Labute approximate surface area is 371 Å². The summed E-state index contributed by atoms with van der Waals surface area (Å²) in [5.41, 5.74) is -1.53. The molecule has 0 fully saturated rings. The van der Waals surface area contributed by atoms with Gasteiger partial charge in [-0.15, -0.1) is 0 Å². The zero-order valence-electron chi connectivity index (χ0n) is 33.6. The number of hydrogen-bond acceptors (Lipinski definition) is 11. The molecule has 60 heavy (non-hydrogen) atoms. The van der Waals surface area contributed by atoms with Crippen LogP contribution in [0.4, 0.5) is 11.4 Å². The second-order valence-corrected chi connectivity index (χ2v) is 18.3. The van der Waals surface area contributed by atoms with Crippen molar-refractivity contribution in [3.05, 3.63) is 74.2 Å². The predicted molar refractivity (Wildman–Crippen MR) is 233 cm³/mol. The topological polar surface area (TPSA) is 233 Å². The fourth-order valence-electron chi connectivity index (χ4n) is 7.88. The minimum atomic E-state index is -4.69. The molecule has 2 aromatic heterocycles. The number of carboxylic acids is 1. The number of benzene rings is 2. The molecule has 15 nitrogen and oxygen atoms in total. The fourth-order valence-corrected chi connectivity index (χ4v) is 8.88. The van der Waals surface area contributed by atoms with Crippen molar-refractivity contribution in [1.29, 1.82) is 0 Å². The van der Waals surface area contributed by atoms with Crippen LogP contribution in [0.2, 0.25) is 0 Å². The van der Waals surface area contributed by atoms with Gasteiger partial charge in [0, 0.05) is 55.4 Å². The van der Waals surface area contributed by atoms with Gasteiger partial charge in [0.15, 0.2) is 16.7 Å². The van der Waals surface area contributed by atoms with Gasteiger partial charge in [0.2, 0.25) is 11.1 Å². The third-order valence-corrected chi connectivity index (χ3v) is 12.6. The maximum absolute atomic E-state index is 14.1. The average molecular weight is 882 g/mol. The van der Waals surface area contributed by atoms with E-state index < -0.39 is 70.2 Å². The Morgan fingerprint density at radius 1 is 0.867 bits per heavy atom. The van der Waals surface area contributed by atoms with Crippen molar-refractivity contribution < 1.29 is 54.4 Å². The van der Waals surface area contributed by atoms with Crippen molar-refractivity contribution in [2.45, 2.75) is 108 Å². The number of aliphatic carboxylic acids is 1. The average Bonchev–Trinajstić information content (AvgIpc) is 3.38. The Balaban J connectivity index is 0.00000794. The molecule has 4 aromatic rings. The van der Waals surface area contributed by atoms with Crippen molar-refractivity contribution in [2.75, 3.05) is 30.3 Å². The molecule has 0 radical (unpaired) electrons. The molecule has 0 saturated carbocycles. The maximum atomic E-state index is 14.1. The molecule has 322 valence electrons. The van der Waals surface area contributed by atoms with E-state index in [-0.39, 0.29) is 73.0 Å². The summed E-state index contributed by atoms with van der Waals surface area (Å²) in [5, 5.41) is 20.5. The van der Waals surface area contributed by atoms with Crippen molar-refractivity contribution >= 4 is 101 Å². The number of carboxylic acid groups (broad SMARTS) is 1. The summed E-state index contributed by atoms with van der Waals surface area (Å²) >= 11 is 0. The zero-order chi connectivity index (χ0) is 43.1. The zero-order valence-corrected chi connectivity index (χ0v) is 35.2. The van der Waals surface area contributed by atoms with E-state index in [1.54, 1.807) is 23.6 Å². The predicted octanol–water partition coefficient (Wildman–Crippen LogP) is 6.77. The van der Waals surface area contributed by atoms with Gasteiger partial charge in [-0.2, -0.15) is 21.4 Å². The summed E-state index contributed by atoms with van der Waals surface area (Å²) in [5.74, 6) is -2.51. The molecule has 0 aliphatic carbocycles. The van der Waals surface area contributed by atoms with E-state index in [0.717, 1.165) is 76.2 Å². The molecule has 0 bridgehead atoms. The van der Waals surface area contributed by atoms with Crippen molar-refractivity contribution in [3.63, 3.8) is 0 Å². The number of carbonyl (C=O) groups is 1. The third kappa shape index (κ3) is 11.5. The van der Waals surface area contributed by atoms with E-state index in [9.17, 15) is 50.5 Å². The molecule has 1 aliphatic rings. The molecule has 0 saturated heterocycles. The van der Waals surface area contributed by atoms with Gasteiger partial charge in [0.05, 0.1) is 21.4 Å². The third-order valence-electron chi connectivity index (χ3n) is 10.9. The molecular formula is C42H54N2NaO13S2+. The number of anilines is 1. The van der Waals surface area contributed by atoms with Crippen LogP contribution < -0.4 is 16.0 Å². The first kappa shape index (κ1) is 48.8. The number of hydrogen-bond donors (Lipinski definition) is 4. The number of aromatic hydroxyl groups is 1. The van der Waals surface area contributed by atoms with Gasteiger partial charge in [-0.05, 0) is 62.9 Å². The van der Waals surface area contributed by atoms with Crippen LogP contribution in [0.1, 0.15) is 109 Å². The SMILES string of the molecule is CCCCCCN(CCCCCC)c1ccc2c(c1)oc(=O)c1c(=O)c(/C=C/C3=[N+](CCCS(=O)(=O)O)c4ccc(S(=O)(=O)O)cc4C3(C)CCCC(=O)O)c(O)oc12.[NaH]. The molecule has 1 aliphatic heterocycles. The van der Waals surface area contributed by atoms with E-state index >= 15 is 0 Å². The van der Waals surface area contributed by atoms with Crippen LogP contribution in [0.15, 0.2) is 65.8 Å². The summed E-state index contributed by atoms with van der Waals surface area (Å²) < 4.78 is 80.2. The number of rotatable bonds is 22. The van der Waals surface area contributed by atoms with Gasteiger partial charge in [-0.3, -0.25) is 18.7 Å². The molecule has 4 N–H and O–H groups in total. The molecule has 1 unspecified atom stereocenters. The van der Waals surface area contributed by atoms with Gasteiger partial charge < -0.3 is 23.9 Å². The molecule has 0 amide bonds. The number of unbranched alkanes of at least 4 members (excludes halogenated alkanes) is 6. The van der Waals surface area contributed by atoms with E-state index in [1.807, 2.05) is 6.07 Å². The van der Waals surface area contributed by atoms with Gasteiger partial charge in [0.25, 0.3) is 26.2 Å². The second-order valence-electron chi connectivity index (χ2n) is 15.3. The van der Waals surface area contributed by atoms with Crippen LogP contribution in [-0.2, 0) is 30.4 Å². The summed E-state index contributed by atoms with van der Waals surface area (Å²) in [7, 11) is -9.06. The minimum absolute atomic E-state index is 0. The molecular weight excluding hydrogens is 828 g/mol. The first-order valence-electron chi connectivity index (χ1n) is 20.0. The Bertz CT molecular complexity index is 2610. The van der Waals surface area contributed by atoms with Crippen LogP contribution in [-0.4, -0.2) is 107 Å². The summed E-state index contributed by atoms with van der Waals surface area (Å²) in [6, 6.07) is 9.11. The first-order chi connectivity index (χ1) is 27.9. The van der Waals surface area contributed by atoms with Crippen LogP contribution in [0.3, 0.4) is 0 Å². The fraction of sp³-hybridized carbons (Fsp3) is 0.476. The Hall–Kier alpha value is -3.84. The van der Waals surface area contributed by atoms with E-state index in [2.05, 4.69) is 18.7 Å². The normalized spacial score (nSPS) is 15.6. The van der Waals surface area contributed by atoms with E-state index in [4.69, 9.17) is 8.83 Å². The number of fused-ring (bicyclic) bond motifs is 4. The quantitative estimate of drug-likeness (QED) is 0.0159. The van der Waals surface area contributed by atoms with Crippen LogP contribution >= 0.6 is 0 Å². The molecule has 0 spiro atoms. The Kier molecular flexibility index (Phi) is 16.9. The van der Waals surface area contributed by atoms with E-state index in [1.165, 1.54) is 24.3 Å². The van der Waals surface area contributed by atoms with Gasteiger partial charge in [0.1, 0.15) is 17.7 Å². The van der Waals surface area contributed by atoms with Crippen molar-refractivity contribution in [2.24, 2.45) is 0 Å². The van der Waals surface area contributed by atoms with E-state index in [0.29, 0.717) is 22.3 Å². The van der Waals surface area contributed by atoms with Crippen molar-refractivity contribution in [3.8, 4) is 5.95 Å². The summed E-state index contributed by atoms with van der Waals surface area (Å²) in [6.45, 7) is 7.61. The molecule has 18 heteroatoms. The summed E-state index contributed by atoms with van der Waals surface area (Å²) in [6.07, 6.45) is 11.2. The molecule has 5 rings (SSSR count). The van der Waals surface area contributed by atoms with Crippen LogP contribution in [0.25, 0.3) is 28.0 Å². The Morgan fingerprint density at radius 2 is 1.53 bits per heavy atom. The van der Waals surface area contributed by atoms with Crippen molar-refractivity contribution in [1.82, 2.24) is 0 Å². The Morgan fingerprint density at radius 3 is 2.13 bits per heavy atom. The standard InChI is InChI=1S/C42H52N2O13S2.Na.H/c1-4-6-8-10-22-43(23-11-9-7-5-2)28-15-17-30-34(26-28)56-41(49)37-38(47)31(40(48)57-39(30)37)18-20-35-42(3,21-12-14-36(45)46)32-27-29(59(53,54)55)16-19-33(32)44(35)24-13-25-58(50,51)52;;/h15-20,26-27H,4-14,21-25H2,1-3H3,(H3,45,46,50,51,52,53,54,55);;/p+1. The molecule has 3 heterocycles. The monoisotopic (exact) mass is 881 g/mol.